The highest BCUT2D eigenvalue weighted by Crippen LogP contribution is 2.35. The first-order chi connectivity index (χ1) is 13.9. The molecule has 1 aliphatic rings. The molecule has 0 N–H and O–H groups in total. The maximum absolute atomic E-state index is 12.8. The van der Waals surface area contributed by atoms with Gasteiger partial charge in [0.15, 0.2) is 11.5 Å². The number of ether oxygens (including phenoxy) is 2. The van der Waals surface area contributed by atoms with Crippen LogP contribution in [0.5, 0.6) is 11.5 Å². The Morgan fingerprint density at radius 1 is 1.07 bits per heavy atom. The third-order valence-electron chi connectivity index (χ3n) is 4.26. The van der Waals surface area contributed by atoms with E-state index in [4.69, 9.17) is 9.47 Å². The molecule has 5 nitrogen and oxygen atoms in total. The largest absolute Gasteiger partial charge is 0.490 e. The third-order valence-corrected chi connectivity index (χ3v) is 5.17. The lowest BCUT2D eigenvalue weighted by atomic mass is 10.1. The van der Waals surface area contributed by atoms with Crippen molar-refractivity contribution >= 4 is 29.0 Å². The number of imide groups is 1. The van der Waals surface area contributed by atoms with Gasteiger partial charge >= 0.3 is 0 Å². The normalized spacial score (nSPS) is 15.5. The van der Waals surface area contributed by atoms with Crippen LogP contribution in [0.2, 0.25) is 0 Å². The van der Waals surface area contributed by atoms with Crippen LogP contribution in [0.15, 0.2) is 47.4 Å². The standard InChI is InChI=1S/C23H25NO4S/c1-5-27-20-12-18(10-11-19(20)28-15(2)3)13-21-22(25)24(23(26)29-21)14-17-8-6-16(4)7-9-17/h6-13,15H,5,14H2,1-4H3/b21-13+. The van der Waals surface area contributed by atoms with Crippen LogP contribution >= 0.6 is 11.8 Å². The van der Waals surface area contributed by atoms with Crippen molar-refractivity contribution < 1.29 is 19.1 Å². The van der Waals surface area contributed by atoms with E-state index in [9.17, 15) is 9.59 Å². The summed E-state index contributed by atoms with van der Waals surface area (Å²) in [6.45, 7) is 8.59. The molecule has 6 heteroatoms. The molecule has 0 aromatic heterocycles. The van der Waals surface area contributed by atoms with Crippen molar-refractivity contribution in [2.24, 2.45) is 0 Å². The zero-order valence-electron chi connectivity index (χ0n) is 17.1. The number of thioether (sulfide) groups is 1. The van der Waals surface area contributed by atoms with Crippen molar-refractivity contribution in [3.05, 3.63) is 64.1 Å². The summed E-state index contributed by atoms with van der Waals surface area (Å²) < 4.78 is 11.5. The fraction of sp³-hybridized carbons (Fsp3) is 0.304. The third kappa shape index (κ3) is 5.21. The van der Waals surface area contributed by atoms with Crippen molar-refractivity contribution in [3.63, 3.8) is 0 Å². The average Bonchev–Trinajstić information content (AvgIpc) is 2.93. The predicted octanol–water partition coefficient (Wildman–Crippen LogP) is 5.42. The summed E-state index contributed by atoms with van der Waals surface area (Å²) in [5, 5.41) is -0.258. The second-order valence-electron chi connectivity index (χ2n) is 7.06. The highest BCUT2D eigenvalue weighted by Gasteiger charge is 2.35. The number of amides is 2. The molecule has 3 rings (SSSR count). The Bertz CT molecular complexity index is 934. The Labute approximate surface area is 175 Å². The summed E-state index contributed by atoms with van der Waals surface area (Å²) >= 11 is 0.960. The summed E-state index contributed by atoms with van der Waals surface area (Å²) in [6, 6.07) is 13.3. The predicted molar refractivity (Wildman–Crippen MR) is 116 cm³/mol. The molecule has 1 fully saturated rings. The molecule has 0 atom stereocenters. The first kappa shape index (κ1) is 21.0. The minimum atomic E-state index is -0.277. The Balaban J connectivity index is 1.81. The Hall–Kier alpha value is -2.73. The van der Waals surface area contributed by atoms with E-state index < -0.39 is 0 Å². The van der Waals surface area contributed by atoms with Crippen molar-refractivity contribution in [1.29, 1.82) is 0 Å². The zero-order valence-corrected chi connectivity index (χ0v) is 17.9. The number of hydrogen-bond donors (Lipinski definition) is 0. The van der Waals surface area contributed by atoms with E-state index in [2.05, 4.69) is 0 Å². The first-order valence-electron chi connectivity index (χ1n) is 9.61. The van der Waals surface area contributed by atoms with Gasteiger partial charge in [0.1, 0.15) is 0 Å². The SMILES string of the molecule is CCOc1cc(/C=C2/SC(=O)N(Cc3ccc(C)cc3)C2=O)ccc1OC(C)C. The van der Waals surface area contributed by atoms with E-state index in [-0.39, 0.29) is 23.8 Å². The molecule has 0 bridgehead atoms. The van der Waals surface area contributed by atoms with Gasteiger partial charge in [-0.25, -0.2) is 0 Å². The van der Waals surface area contributed by atoms with Crippen molar-refractivity contribution in [2.45, 2.75) is 40.3 Å². The van der Waals surface area contributed by atoms with Gasteiger partial charge in [-0.1, -0.05) is 35.9 Å². The molecule has 0 radical (unpaired) electrons. The number of rotatable bonds is 7. The van der Waals surface area contributed by atoms with E-state index in [0.29, 0.717) is 23.0 Å². The molecule has 152 valence electrons. The van der Waals surface area contributed by atoms with Gasteiger partial charge in [0.2, 0.25) is 0 Å². The van der Waals surface area contributed by atoms with E-state index in [1.807, 2.05) is 70.2 Å². The number of carbonyl (C=O) groups excluding carboxylic acids is 2. The molecule has 2 aromatic carbocycles. The minimum absolute atomic E-state index is 0.0262. The fourth-order valence-corrected chi connectivity index (χ4v) is 3.74. The van der Waals surface area contributed by atoms with E-state index in [1.54, 1.807) is 6.08 Å². The first-order valence-corrected chi connectivity index (χ1v) is 10.4. The highest BCUT2D eigenvalue weighted by molar-refractivity contribution is 8.18. The number of benzene rings is 2. The van der Waals surface area contributed by atoms with Gasteiger partial charge in [-0.3, -0.25) is 14.5 Å². The molecule has 1 saturated heterocycles. The van der Waals surface area contributed by atoms with Crippen LogP contribution in [0.4, 0.5) is 4.79 Å². The number of hydrogen-bond acceptors (Lipinski definition) is 5. The summed E-state index contributed by atoms with van der Waals surface area (Å²) in [5.41, 5.74) is 2.84. The molecule has 0 saturated carbocycles. The lowest BCUT2D eigenvalue weighted by Gasteiger charge is -2.15. The van der Waals surface area contributed by atoms with Crippen LogP contribution in [0.25, 0.3) is 6.08 Å². The summed E-state index contributed by atoms with van der Waals surface area (Å²) in [5.74, 6) is 1.00. The molecular formula is C23H25NO4S. The van der Waals surface area contributed by atoms with Crippen molar-refractivity contribution in [2.75, 3.05) is 6.61 Å². The average molecular weight is 412 g/mol. The second-order valence-corrected chi connectivity index (χ2v) is 8.05. The molecule has 0 aliphatic carbocycles. The van der Waals surface area contributed by atoms with E-state index in [0.717, 1.165) is 28.5 Å². The molecule has 0 unspecified atom stereocenters. The van der Waals surface area contributed by atoms with Gasteiger partial charge in [-0.15, -0.1) is 0 Å². The van der Waals surface area contributed by atoms with Crippen LogP contribution in [0.1, 0.15) is 37.5 Å². The molecule has 0 spiro atoms. The van der Waals surface area contributed by atoms with Crippen LogP contribution in [0.3, 0.4) is 0 Å². The lowest BCUT2D eigenvalue weighted by Crippen LogP contribution is -2.27. The molecule has 2 aromatic rings. The Morgan fingerprint density at radius 2 is 1.79 bits per heavy atom. The topological polar surface area (TPSA) is 55.8 Å². The second kappa shape index (κ2) is 9.18. The molecule has 2 amide bonds. The summed E-state index contributed by atoms with van der Waals surface area (Å²) in [6.07, 6.45) is 1.75. The van der Waals surface area contributed by atoms with Gasteiger partial charge < -0.3 is 9.47 Å². The Kier molecular flexibility index (Phi) is 6.64. The van der Waals surface area contributed by atoms with Gasteiger partial charge in [0, 0.05) is 0 Å². The molecule has 29 heavy (non-hydrogen) atoms. The number of aryl methyl sites for hydroxylation is 1. The smallest absolute Gasteiger partial charge is 0.293 e. The van der Waals surface area contributed by atoms with Crippen LogP contribution < -0.4 is 9.47 Å². The number of nitrogens with zero attached hydrogens (tertiary/aromatic N) is 1. The van der Waals surface area contributed by atoms with Crippen LogP contribution in [-0.2, 0) is 11.3 Å². The van der Waals surface area contributed by atoms with Crippen molar-refractivity contribution in [1.82, 2.24) is 4.90 Å². The van der Waals surface area contributed by atoms with Gasteiger partial charge in [0.25, 0.3) is 11.1 Å². The Morgan fingerprint density at radius 3 is 2.45 bits per heavy atom. The van der Waals surface area contributed by atoms with Crippen LogP contribution in [-0.4, -0.2) is 28.8 Å². The van der Waals surface area contributed by atoms with Crippen LogP contribution in [0, 0.1) is 6.92 Å². The van der Waals surface area contributed by atoms with E-state index >= 15 is 0 Å². The number of carbonyl (C=O) groups is 2. The maximum Gasteiger partial charge on any atom is 0.293 e. The molecule has 1 aliphatic heterocycles. The zero-order chi connectivity index (χ0) is 21.0. The minimum Gasteiger partial charge on any atom is -0.490 e. The quantitative estimate of drug-likeness (QED) is 0.570. The van der Waals surface area contributed by atoms with Gasteiger partial charge in [-0.05, 0) is 68.8 Å². The van der Waals surface area contributed by atoms with Crippen molar-refractivity contribution in [3.8, 4) is 11.5 Å². The van der Waals surface area contributed by atoms with Gasteiger partial charge in [0.05, 0.1) is 24.2 Å². The summed E-state index contributed by atoms with van der Waals surface area (Å²) in [7, 11) is 0. The van der Waals surface area contributed by atoms with Gasteiger partial charge in [-0.2, -0.15) is 0 Å². The van der Waals surface area contributed by atoms with E-state index in [1.165, 1.54) is 4.90 Å². The molecular weight excluding hydrogens is 386 g/mol. The lowest BCUT2D eigenvalue weighted by molar-refractivity contribution is -0.123. The monoisotopic (exact) mass is 411 g/mol. The molecule has 1 heterocycles. The highest BCUT2D eigenvalue weighted by atomic mass is 32.2. The summed E-state index contributed by atoms with van der Waals surface area (Å²) in [4.78, 5) is 26.8. The fourth-order valence-electron chi connectivity index (χ4n) is 2.90. The maximum atomic E-state index is 12.8.